The molecule has 1 aliphatic carbocycles. The van der Waals surface area contributed by atoms with Crippen molar-refractivity contribution in [1.82, 2.24) is 5.32 Å². The van der Waals surface area contributed by atoms with E-state index < -0.39 is 0 Å². The molecule has 0 unspecified atom stereocenters. The van der Waals surface area contributed by atoms with Crippen LogP contribution in [0.2, 0.25) is 0 Å². The largest absolute Gasteiger partial charge is 0.484 e. The lowest BCUT2D eigenvalue weighted by Crippen LogP contribution is -2.36. The van der Waals surface area contributed by atoms with E-state index in [1.54, 1.807) is 24.3 Å². The average molecular weight is 380 g/mol. The molecule has 1 aliphatic rings. The van der Waals surface area contributed by atoms with E-state index in [1.807, 2.05) is 24.3 Å². The molecule has 28 heavy (non-hydrogen) atoms. The van der Waals surface area contributed by atoms with Gasteiger partial charge < -0.3 is 15.4 Å². The summed E-state index contributed by atoms with van der Waals surface area (Å²) in [4.78, 5) is 24.7. The normalized spacial score (nSPS) is 14.3. The maximum absolute atomic E-state index is 12.5. The summed E-state index contributed by atoms with van der Waals surface area (Å²) < 4.78 is 5.57. The van der Waals surface area contributed by atoms with Gasteiger partial charge in [-0.1, -0.05) is 44.4 Å². The van der Waals surface area contributed by atoms with Crippen molar-refractivity contribution in [2.45, 2.75) is 51.5 Å². The fourth-order valence-corrected chi connectivity index (χ4v) is 3.45. The van der Waals surface area contributed by atoms with Gasteiger partial charge in [0.05, 0.1) is 0 Å². The molecule has 0 spiro atoms. The quantitative estimate of drug-likeness (QED) is 0.751. The van der Waals surface area contributed by atoms with Gasteiger partial charge in [-0.25, -0.2) is 0 Å². The number of nitrogens with one attached hydrogen (secondary N) is 2. The topological polar surface area (TPSA) is 67.4 Å². The summed E-state index contributed by atoms with van der Waals surface area (Å²) in [6.45, 7) is 1.99. The highest BCUT2D eigenvalue weighted by Crippen LogP contribution is 2.19. The molecular formula is C23H28N2O3. The lowest BCUT2D eigenvalue weighted by molar-refractivity contribution is -0.118. The minimum atomic E-state index is -0.258. The molecule has 5 heteroatoms. The fraction of sp³-hybridized carbons (Fsp3) is 0.391. The first-order chi connectivity index (χ1) is 13.6. The highest BCUT2D eigenvalue weighted by molar-refractivity contribution is 5.97. The van der Waals surface area contributed by atoms with Crippen LogP contribution in [0.1, 0.15) is 54.9 Å². The Kier molecular flexibility index (Phi) is 7.06. The SMILES string of the molecule is CCc1cccc(OCC(=O)Nc2cccc(C(=O)NC3CCCCC3)c2)c1. The van der Waals surface area contributed by atoms with Crippen molar-refractivity contribution >= 4 is 17.5 Å². The lowest BCUT2D eigenvalue weighted by Gasteiger charge is -2.22. The van der Waals surface area contributed by atoms with Crippen LogP contribution in [0.3, 0.4) is 0 Å². The third-order valence-electron chi connectivity index (χ3n) is 5.03. The van der Waals surface area contributed by atoms with Gasteiger partial charge in [0.15, 0.2) is 6.61 Å². The average Bonchev–Trinajstić information content (AvgIpc) is 2.73. The Morgan fingerprint density at radius 2 is 1.82 bits per heavy atom. The van der Waals surface area contributed by atoms with Crippen molar-refractivity contribution in [3.63, 3.8) is 0 Å². The zero-order valence-electron chi connectivity index (χ0n) is 16.4. The standard InChI is InChI=1S/C23H28N2O3/c1-2-17-8-6-13-21(14-17)28-16-22(26)24-20-12-7-9-18(15-20)23(27)25-19-10-4-3-5-11-19/h6-9,12-15,19H,2-5,10-11,16H2,1H3,(H,24,26)(H,25,27). The number of hydrogen-bond acceptors (Lipinski definition) is 3. The fourth-order valence-electron chi connectivity index (χ4n) is 3.45. The van der Waals surface area contributed by atoms with Crippen molar-refractivity contribution in [3.05, 3.63) is 59.7 Å². The number of carbonyl (C=O) groups excluding carboxylic acids is 2. The maximum Gasteiger partial charge on any atom is 0.262 e. The summed E-state index contributed by atoms with van der Waals surface area (Å²) in [5, 5.41) is 5.89. The van der Waals surface area contributed by atoms with Crippen LogP contribution in [-0.2, 0) is 11.2 Å². The van der Waals surface area contributed by atoms with Gasteiger partial charge in [-0.2, -0.15) is 0 Å². The molecular weight excluding hydrogens is 352 g/mol. The highest BCUT2D eigenvalue weighted by atomic mass is 16.5. The molecule has 0 atom stereocenters. The monoisotopic (exact) mass is 380 g/mol. The van der Waals surface area contributed by atoms with Crippen LogP contribution in [0.5, 0.6) is 5.75 Å². The molecule has 0 bridgehead atoms. The Morgan fingerprint density at radius 3 is 2.61 bits per heavy atom. The van der Waals surface area contributed by atoms with E-state index in [9.17, 15) is 9.59 Å². The van der Waals surface area contributed by atoms with Gasteiger partial charge in [0.1, 0.15) is 5.75 Å². The number of aryl methyl sites for hydroxylation is 1. The summed E-state index contributed by atoms with van der Waals surface area (Å²) in [7, 11) is 0. The molecule has 0 aliphatic heterocycles. The summed E-state index contributed by atoms with van der Waals surface area (Å²) in [6.07, 6.45) is 6.58. The van der Waals surface area contributed by atoms with Crippen LogP contribution in [-0.4, -0.2) is 24.5 Å². The van der Waals surface area contributed by atoms with Gasteiger partial charge in [0.2, 0.25) is 0 Å². The molecule has 2 amide bonds. The van der Waals surface area contributed by atoms with Crippen molar-refractivity contribution in [2.24, 2.45) is 0 Å². The van der Waals surface area contributed by atoms with Crippen LogP contribution in [0.4, 0.5) is 5.69 Å². The van der Waals surface area contributed by atoms with Crippen LogP contribution in [0.15, 0.2) is 48.5 Å². The molecule has 2 N–H and O–H groups in total. The zero-order valence-corrected chi connectivity index (χ0v) is 16.4. The number of anilines is 1. The predicted octanol–water partition coefficient (Wildman–Crippen LogP) is 4.33. The molecule has 0 aromatic heterocycles. The van der Waals surface area contributed by atoms with Crippen molar-refractivity contribution in [3.8, 4) is 5.75 Å². The molecule has 0 saturated heterocycles. The first-order valence-electron chi connectivity index (χ1n) is 10.1. The van der Waals surface area contributed by atoms with E-state index in [4.69, 9.17) is 4.74 Å². The van der Waals surface area contributed by atoms with Crippen LogP contribution < -0.4 is 15.4 Å². The molecule has 0 heterocycles. The van der Waals surface area contributed by atoms with E-state index in [0.29, 0.717) is 17.0 Å². The number of carbonyl (C=O) groups is 2. The van der Waals surface area contributed by atoms with Gasteiger partial charge in [-0.3, -0.25) is 9.59 Å². The third kappa shape index (κ3) is 5.84. The minimum absolute atomic E-state index is 0.0777. The maximum atomic E-state index is 12.5. The second-order valence-electron chi connectivity index (χ2n) is 7.23. The van der Waals surface area contributed by atoms with Crippen molar-refractivity contribution < 1.29 is 14.3 Å². The summed E-state index contributed by atoms with van der Waals surface area (Å²) >= 11 is 0. The summed E-state index contributed by atoms with van der Waals surface area (Å²) in [5.74, 6) is 0.331. The first-order valence-corrected chi connectivity index (χ1v) is 10.1. The lowest BCUT2D eigenvalue weighted by atomic mass is 9.95. The van der Waals surface area contributed by atoms with Crippen molar-refractivity contribution in [2.75, 3.05) is 11.9 Å². The minimum Gasteiger partial charge on any atom is -0.484 e. The number of hydrogen-bond donors (Lipinski definition) is 2. The van der Waals surface area contributed by atoms with Gasteiger partial charge >= 0.3 is 0 Å². The Hall–Kier alpha value is -2.82. The van der Waals surface area contributed by atoms with E-state index in [1.165, 1.54) is 19.3 Å². The van der Waals surface area contributed by atoms with Crippen LogP contribution >= 0.6 is 0 Å². The highest BCUT2D eigenvalue weighted by Gasteiger charge is 2.17. The smallest absolute Gasteiger partial charge is 0.262 e. The molecule has 2 aromatic rings. The Bertz CT molecular complexity index is 813. The van der Waals surface area contributed by atoms with Gasteiger partial charge in [0, 0.05) is 17.3 Å². The van der Waals surface area contributed by atoms with Gasteiger partial charge in [0.25, 0.3) is 11.8 Å². The number of benzene rings is 2. The van der Waals surface area contributed by atoms with Gasteiger partial charge in [-0.15, -0.1) is 0 Å². The number of ether oxygens (including phenoxy) is 1. The predicted molar refractivity (Wildman–Crippen MR) is 111 cm³/mol. The molecule has 0 radical (unpaired) electrons. The zero-order chi connectivity index (χ0) is 19.8. The van der Waals surface area contributed by atoms with E-state index in [2.05, 4.69) is 17.6 Å². The Balaban J connectivity index is 1.52. The molecule has 5 nitrogen and oxygen atoms in total. The number of rotatable bonds is 7. The second-order valence-corrected chi connectivity index (χ2v) is 7.23. The first kappa shape index (κ1) is 19.9. The molecule has 2 aromatic carbocycles. The molecule has 1 saturated carbocycles. The van der Waals surface area contributed by atoms with Crippen molar-refractivity contribution in [1.29, 1.82) is 0 Å². The molecule has 148 valence electrons. The van der Waals surface area contributed by atoms with E-state index >= 15 is 0 Å². The summed E-state index contributed by atoms with van der Waals surface area (Å²) in [5.41, 5.74) is 2.31. The number of amides is 2. The van der Waals surface area contributed by atoms with Crippen LogP contribution in [0, 0.1) is 0 Å². The molecule has 1 fully saturated rings. The van der Waals surface area contributed by atoms with E-state index in [-0.39, 0.29) is 24.5 Å². The van der Waals surface area contributed by atoms with Crippen LogP contribution in [0.25, 0.3) is 0 Å². The Morgan fingerprint density at radius 1 is 1.04 bits per heavy atom. The summed E-state index contributed by atoms with van der Waals surface area (Å²) in [6, 6.07) is 15.0. The second kappa shape index (κ2) is 9.93. The molecule has 3 rings (SSSR count). The van der Waals surface area contributed by atoms with Gasteiger partial charge in [-0.05, 0) is 55.2 Å². The Labute approximate surface area is 166 Å². The third-order valence-corrected chi connectivity index (χ3v) is 5.03. The van der Waals surface area contributed by atoms with E-state index in [0.717, 1.165) is 24.8 Å².